The number of hydrogen-bond acceptors (Lipinski definition) is 4. The topological polar surface area (TPSA) is 62.7 Å². The Labute approximate surface area is 102 Å². The Morgan fingerprint density at radius 3 is 2.94 bits per heavy atom. The third kappa shape index (κ3) is 2.07. The van der Waals surface area contributed by atoms with Crippen LogP contribution in [-0.2, 0) is 6.54 Å². The number of hydrogen-bond donors (Lipinski definition) is 1. The lowest BCUT2D eigenvalue weighted by Crippen LogP contribution is -1.94. The lowest BCUT2D eigenvalue weighted by Gasteiger charge is -1.97. The van der Waals surface area contributed by atoms with Crippen LogP contribution in [0.5, 0.6) is 0 Å². The second kappa shape index (κ2) is 4.62. The molecule has 0 spiro atoms. The molecule has 0 amide bonds. The number of halogens is 1. The summed E-state index contributed by atoms with van der Waals surface area (Å²) in [6.07, 6.45) is 0. The van der Waals surface area contributed by atoms with E-state index in [1.165, 1.54) is 11.3 Å². The molecule has 80 valence electrons. The standard InChI is InChI=1S/C11H8ClN3S/c12-8-3-1-2-7(4-8)11-9(5-13)15-10(6-14)16-11/h1-4H,6,14H2. The SMILES string of the molecule is N#Cc1nc(CN)sc1-c1cccc(Cl)c1. The van der Waals surface area contributed by atoms with Gasteiger partial charge in [-0.25, -0.2) is 4.98 Å². The highest BCUT2D eigenvalue weighted by Crippen LogP contribution is 2.31. The molecule has 5 heteroatoms. The molecule has 0 aliphatic rings. The van der Waals surface area contributed by atoms with Crippen molar-refractivity contribution in [3.8, 4) is 16.5 Å². The van der Waals surface area contributed by atoms with Gasteiger partial charge in [-0.05, 0) is 17.7 Å². The zero-order valence-corrected chi connectivity index (χ0v) is 9.85. The van der Waals surface area contributed by atoms with Gasteiger partial charge in [0.25, 0.3) is 0 Å². The van der Waals surface area contributed by atoms with Crippen molar-refractivity contribution in [1.29, 1.82) is 5.26 Å². The van der Waals surface area contributed by atoms with E-state index in [9.17, 15) is 0 Å². The van der Waals surface area contributed by atoms with Crippen molar-refractivity contribution in [1.82, 2.24) is 4.98 Å². The van der Waals surface area contributed by atoms with Gasteiger partial charge in [0, 0.05) is 11.6 Å². The molecule has 2 rings (SSSR count). The van der Waals surface area contributed by atoms with Crippen LogP contribution < -0.4 is 5.73 Å². The number of rotatable bonds is 2. The minimum atomic E-state index is 0.347. The molecule has 16 heavy (non-hydrogen) atoms. The summed E-state index contributed by atoms with van der Waals surface area (Å²) in [6, 6.07) is 9.43. The van der Waals surface area contributed by atoms with Gasteiger partial charge in [-0.1, -0.05) is 23.7 Å². The number of aromatic nitrogens is 1. The fourth-order valence-corrected chi connectivity index (χ4v) is 2.43. The second-order valence-corrected chi connectivity index (χ2v) is 4.63. The molecular weight excluding hydrogens is 242 g/mol. The van der Waals surface area contributed by atoms with Crippen LogP contribution in [0.4, 0.5) is 0 Å². The summed E-state index contributed by atoms with van der Waals surface area (Å²) in [6.45, 7) is 0.347. The number of nitrogens with zero attached hydrogens (tertiary/aromatic N) is 2. The van der Waals surface area contributed by atoms with Gasteiger partial charge < -0.3 is 5.73 Å². The third-order valence-corrected chi connectivity index (χ3v) is 3.40. The molecule has 0 bridgehead atoms. The van der Waals surface area contributed by atoms with Gasteiger partial charge in [0.15, 0.2) is 5.69 Å². The molecule has 0 saturated carbocycles. The molecule has 0 atom stereocenters. The first-order valence-electron chi connectivity index (χ1n) is 4.60. The average molecular weight is 250 g/mol. The number of thiazole rings is 1. The van der Waals surface area contributed by atoms with Crippen molar-refractivity contribution in [2.45, 2.75) is 6.54 Å². The zero-order chi connectivity index (χ0) is 11.5. The molecule has 0 saturated heterocycles. The van der Waals surface area contributed by atoms with E-state index in [0.717, 1.165) is 15.4 Å². The number of nitrogens with two attached hydrogens (primary N) is 1. The summed E-state index contributed by atoms with van der Waals surface area (Å²) in [5.74, 6) is 0. The van der Waals surface area contributed by atoms with Crippen molar-refractivity contribution < 1.29 is 0 Å². The molecule has 0 unspecified atom stereocenters. The summed E-state index contributed by atoms with van der Waals surface area (Å²) in [4.78, 5) is 4.97. The molecule has 2 aromatic rings. The predicted molar refractivity (Wildman–Crippen MR) is 65.2 cm³/mol. The maximum atomic E-state index is 8.98. The molecule has 1 aromatic carbocycles. The maximum Gasteiger partial charge on any atom is 0.159 e. The largest absolute Gasteiger partial charge is 0.325 e. The van der Waals surface area contributed by atoms with E-state index in [-0.39, 0.29) is 0 Å². The van der Waals surface area contributed by atoms with Crippen LogP contribution in [0.3, 0.4) is 0 Å². The number of benzene rings is 1. The molecule has 1 heterocycles. The van der Waals surface area contributed by atoms with Crippen molar-refractivity contribution in [3.05, 3.63) is 40.0 Å². The Morgan fingerprint density at radius 1 is 1.50 bits per heavy atom. The monoisotopic (exact) mass is 249 g/mol. The number of nitriles is 1. The first-order chi connectivity index (χ1) is 7.74. The Bertz CT molecular complexity index is 557. The van der Waals surface area contributed by atoms with Crippen molar-refractivity contribution in [3.63, 3.8) is 0 Å². The van der Waals surface area contributed by atoms with Crippen LogP contribution >= 0.6 is 22.9 Å². The molecule has 1 aromatic heterocycles. The van der Waals surface area contributed by atoms with E-state index >= 15 is 0 Å². The van der Waals surface area contributed by atoms with E-state index in [4.69, 9.17) is 22.6 Å². The van der Waals surface area contributed by atoms with Gasteiger partial charge >= 0.3 is 0 Å². The third-order valence-electron chi connectivity index (χ3n) is 2.04. The Kier molecular flexibility index (Phi) is 3.20. The summed E-state index contributed by atoms with van der Waals surface area (Å²) in [5.41, 5.74) is 6.82. The first-order valence-corrected chi connectivity index (χ1v) is 5.80. The molecular formula is C11H8ClN3S. The van der Waals surface area contributed by atoms with Gasteiger partial charge in [-0.15, -0.1) is 11.3 Å². The molecule has 0 aliphatic carbocycles. The van der Waals surface area contributed by atoms with E-state index in [1.807, 2.05) is 18.2 Å². The molecule has 0 radical (unpaired) electrons. The van der Waals surface area contributed by atoms with Crippen molar-refractivity contribution in [2.24, 2.45) is 5.73 Å². The van der Waals surface area contributed by atoms with Gasteiger partial charge in [0.05, 0.1) is 4.88 Å². The van der Waals surface area contributed by atoms with Crippen molar-refractivity contribution in [2.75, 3.05) is 0 Å². The van der Waals surface area contributed by atoms with Crippen LogP contribution in [0.2, 0.25) is 5.02 Å². The zero-order valence-electron chi connectivity index (χ0n) is 8.27. The highest BCUT2D eigenvalue weighted by atomic mass is 35.5. The summed E-state index contributed by atoms with van der Waals surface area (Å²) < 4.78 is 0. The highest BCUT2D eigenvalue weighted by molar-refractivity contribution is 7.15. The van der Waals surface area contributed by atoms with Crippen LogP contribution in [0.1, 0.15) is 10.7 Å². The quantitative estimate of drug-likeness (QED) is 0.890. The van der Waals surface area contributed by atoms with E-state index in [1.54, 1.807) is 6.07 Å². The Balaban J connectivity index is 2.55. The van der Waals surface area contributed by atoms with E-state index < -0.39 is 0 Å². The smallest absolute Gasteiger partial charge is 0.159 e. The second-order valence-electron chi connectivity index (χ2n) is 3.11. The minimum absolute atomic E-state index is 0.347. The van der Waals surface area contributed by atoms with Gasteiger partial charge in [-0.3, -0.25) is 0 Å². The Hall–Kier alpha value is -1.41. The summed E-state index contributed by atoms with van der Waals surface area (Å²) >= 11 is 7.34. The molecule has 0 aliphatic heterocycles. The van der Waals surface area contributed by atoms with Gasteiger partial charge in [0.2, 0.25) is 0 Å². The average Bonchev–Trinajstić information content (AvgIpc) is 2.72. The van der Waals surface area contributed by atoms with Gasteiger partial charge in [0.1, 0.15) is 11.1 Å². The first kappa shape index (κ1) is 11.1. The van der Waals surface area contributed by atoms with Crippen LogP contribution in [0.25, 0.3) is 10.4 Å². The normalized spacial score (nSPS) is 10.1. The van der Waals surface area contributed by atoms with Crippen molar-refractivity contribution >= 4 is 22.9 Å². The Morgan fingerprint density at radius 2 is 2.31 bits per heavy atom. The summed E-state index contributed by atoms with van der Waals surface area (Å²) in [5, 5.41) is 10.4. The van der Waals surface area contributed by atoms with E-state index in [0.29, 0.717) is 17.3 Å². The highest BCUT2D eigenvalue weighted by Gasteiger charge is 2.11. The maximum absolute atomic E-state index is 8.98. The van der Waals surface area contributed by atoms with Gasteiger partial charge in [-0.2, -0.15) is 5.26 Å². The minimum Gasteiger partial charge on any atom is -0.325 e. The summed E-state index contributed by atoms with van der Waals surface area (Å²) in [7, 11) is 0. The molecule has 0 fully saturated rings. The molecule has 2 N–H and O–H groups in total. The fourth-order valence-electron chi connectivity index (χ4n) is 1.35. The molecule has 3 nitrogen and oxygen atoms in total. The lowest BCUT2D eigenvalue weighted by molar-refractivity contribution is 1.03. The van der Waals surface area contributed by atoms with E-state index in [2.05, 4.69) is 11.1 Å². The van der Waals surface area contributed by atoms with Crippen LogP contribution in [0.15, 0.2) is 24.3 Å². The fraction of sp³-hybridized carbons (Fsp3) is 0.0909. The predicted octanol–water partition coefficient (Wildman–Crippen LogP) is 2.79. The van der Waals surface area contributed by atoms with Crippen LogP contribution in [-0.4, -0.2) is 4.98 Å². The van der Waals surface area contributed by atoms with Crippen LogP contribution in [0, 0.1) is 11.3 Å². The lowest BCUT2D eigenvalue weighted by atomic mass is 10.2.